The lowest BCUT2D eigenvalue weighted by Crippen LogP contribution is -1.98. The van der Waals surface area contributed by atoms with E-state index in [0.29, 0.717) is 17.9 Å². The highest BCUT2D eigenvalue weighted by atomic mass is 79.9. The number of fused-ring (bicyclic) bond motifs is 1. The van der Waals surface area contributed by atoms with E-state index in [-0.39, 0.29) is 6.42 Å². The molecule has 4 aromatic rings. The number of aryl methyl sites for hydroxylation is 2. The maximum atomic E-state index is 10.9. The number of aromatic nitrogens is 1. The molecule has 0 aliphatic rings. The van der Waals surface area contributed by atoms with Gasteiger partial charge in [-0.1, -0.05) is 0 Å². The van der Waals surface area contributed by atoms with Crippen LogP contribution in [0.15, 0.2) is 63.5 Å². The van der Waals surface area contributed by atoms with E-state index in [1.165, 1.54) is 0 Å². The molecule has 0 aliphatic carbocycles. The second kappa shape index (κ2) is 9.38. The number of halogens is 2. The van der Waals surface area contributed by atoms with Crippen LogP contribution in [0.2, 0.25) is 0 Å². The fourth-order valence-corrected chi connectivity index (χ4v) is 5.08. The van der Waals surface area contributed by atoms with Crippen LogP contribution in [0.25, 0.3) is 22.2 Å². The minimum atomic E-state index is -0.818. The Balaban J connectivity index is 1.63. The average molecular weight is 559 g/mol. The van der Waals surface area contributed by atoms with Crippen molar-refractivity contribution in [2.75, 3.05) is 7.11 Å². The zero-order valence-electron chi connectivity index (χ0n) is 17.5. The molecule has 2 N–H and O–H groups in total. The lowest BCUT2D eigenvalue weighted by atomic mass is 10.1. The summed E-state index contributed by atoms with van der Waals surface area (Å²) >= 11 is 7.11. The fourth-order valence-electron chi connectivity index (χ4n) is 3.64. The molecule has 32 heavy (non-hydrogen) atoms. The van der Waals surface area contributed by atoms with Gasteiger partial charge in [-0.2, -0.15) is 0 Å². The molecule has 164 valence electrons. The molecular formula is C25H21Br2NO4. The molecule has 3 aromatic carbocycles. The molecule has 0 aliphatic heterocycles. The van der Waals surface area contributed by atoms with Crippen molar-refractivity contribution in [3.63, 3.8) is 0 Å². The molecule has 1 aromatic heterocycles. The lowest BCUT2D eigenvalue weighted by Gasteiger charge is -2.12. The summed E-state index contributed by atoms with van der Waals surface area (Å²) in [5.74, 6) is 1.36. The zero-order chi connectivity index (χ0) is 22.8. The van der Waals surface area contributed by atoms with E-state index in [1.807, 2.05) is 54.6 Å². The van der Waals surface area contributed by atoms with Gasteiger partial charge in [0, 0.05) is 23.0 Å². The summed E-state index contributed by atoms with van der Waals surface area (Å²) < 4.78 is 13.0. The van der Waals surface area contributed by atoms with Gasteiger partial charge in [-0.05, 0) is 116 Å². The summed E-state index contributed by atoms with van der Waals surface area (Å²) in [5.41, 5.74) is 5.23. The highest BCUT2D eigenvalue weighted by Gasteiger charge is 2.14. The molecule has 0 bridgehead atoms. The average Bonchev–Trinajstić information content (AvgIpc) is 3.11. The van der Waals surface area contributed by atoms with Crippen molar-refractivity contribution in [3.05, 3.63) is 74.7 Å². The minimum absolute atomic E-state index is 0.0824. The molecule has 0 radical (unpaired) electrons. The molecule has 0 unspecified atom stereocenters. The number of ether oxygens (including phenoxy) is 2. The molecular weight excluding hydrogens is 538 g/mol. The first kappa shape index (κ1) is 22.4. The third-order valence-electron chi connectivity index (χ3n) is 5.31. The number of aromatic amines is 1. The SMILES string of the molecule is COc1ccc(-c2[nH]c3ccc(Oc4c(Br)cc(CCC(=O)O)cc4Br)cc3c2C)cc1. The van der Waals surface area contributed by atoms with Crippen molar-refractivity contribution in [1.82, 2.24) is 4.98 Å². The quantitative estimate of drug-likeness (QED) is 0.246. The van der Waals surface area contributed by atoms with Crippen molar-refractivity contribution in [2.45, 2.75) is 19.8 Å². The van der Waals surface area contributed by atoms with E-state index in [1.54, 1.807) is 7.11 Å². The molecule has 7 heteroatoms. The number of hydrogen-bond acceptors (Lipinski definition) is 3. The van der Waals surface area contributed by atoms with E-state index < -0.39 is 5.97 Å². The maximum Gasteiger partial charge on any atom is 0.303 e. The first-order valence-corrected chi connectivity index (χ1v) is 11.6. The van der Waals surface area contributed by atoms with E-state index >= 15 is 0 Å². The van der Waals surface area contributed by atoms with Crippen LogP contribution in [-0.2, 0) is 11.2 Å². The van der Waals surface area contributed by atoms with Gasteiger partial charge >= 0.3 is 5.97 Å². The Hall–Kier alpha value is -2.77. The van der Waals surface area contributed by atoms with Gasteiger partial charge in [0.15, 0.2) is 5.75 Å². The summed E-state index contributed by atoms with van der Waals surface area (Å²) in [7, 11) is 1.66. The van der Waals surface area contributed by atoms with E-state index in [0.717, 1.165) is 48.0 Å². The predicted octanol–water partition coefficient (Wildman–Crippen LogP) is 7.49. The normalized spacial score (nSPS) is 11.0. The van der Waals surface area contributed by atoms with Gasteiger partial charge in [0.25, 0.3) is 0 Å². The van der Waals surface area contributed by atoms with Crippen LogP contribution in [0.3, 0.4) is 0 Å². The lowest BCUT2D eigenvalue weighted by molar-refractivity contribution is -0.136. The smallest absolute Gasteiger partial charge is 0.303 e. The van der Waals surface area contributed by atoms with Crippen LogP contribution < -0.4 is 9.47 Å². The molecule has 5 nitrogen and oxygen atoms in total. The molecule has 0 amide bonds. The van der Waals surface area contributed by atoms with Gasteiger partial charge in [0.05, 0.1) is 16.1 Å². The van der Waals surface area contributed by atoms with Crippen molar-refractivity contribution in [2.24, 2.45) is 0 Å². The van der Waals surface area contributed by atoms with Crippen molar-refractivity contribution in [1.29, 1.82) is 0 Å². The number of nitrogens with one attached hydrogen (secondary N) is 1. The number of methoxy groups -OCH3 is 1. The third-order valence-corrected chi connectivity index (χ3v) is 6.49. The highest BCUT2D eigenvalue weighted by Crippen LogP contribution is 2.40. The fraction of sp³-hybridized carbons (Fsp3) is 0.160. The second-order valence-electron chi connectivity index (χ2n) is 7.45. The van der Waals surface area contributed by atoms with Crippen molar-refractivity contribution in [3.8, 4) is 28.5 Å². The van der Waals surface area contributed by atoms with Crippen LogP contribution in [0.4, 0.5) is 0 Å². The third kappa shape index (κ3) is 4.69. The van der Waals surface area contributed by atoms with Gasteiger partial charge in [0.2, 0.25) is 0 Å². The molecule has 0 fully saturated rings. The molecule has 0 saturated carbocycles. The number of carboxylic acids is 1. The number of carbonyl (C=O) groups is 1. The monoisotopic (exact) mass is 557 g/mol. The Morgan fingerprint density at radius 1 is 1.00 bits per heavy atom. The Kier molecular flexibility index (Phi) is 6.58. The molecule has 1 heterocycles. The maximum absolute atomic E-state index is 10.9. The van der Waals surface area contributed by atoms with Crippen LogP contribution in [0.1, 0.15) is 17.5 Å². The largest absolute Gasteiger partial charge is 0.497 e. The molecule has 0 saturated heterocycles. The summed E-state index contributed by atoms with van der Waals surface area (Å²) in [4.78, 5) is 14.3. The van der Waals surface area contributed by atoms with Crippen LogP contribution in [0.5, 0.6) is 17.2 Å². The Labute approximate surface area is 202 Å². The first-order valence-electron chi connectivity index (χ1n) is 10.00. The number of benzene rings is 3. The number of aliphatic carboxylic acids is 1. The Morgan fingerprint density at radius 3 is 2.28 bits per heavy atom. The second-order valence-corrected chi connectivity index (χ2v) is 9.15. The highest BCUT2D eigenvalue weighted by molar-refractivity contribution is 9.11. The van der Waals surface area contributed by atoms with Gasteiger partial charge < -0.3 is 19.6 Å². The van der Waals surface area contributed by atoms with Crippen LogP contribution in [-0.4, -0.2) is 23.2 Å². The number of carboxylic acid groups (broad SMARTS) is 1. The van der Waals surface area contributed by atoms with Crippen molar-refractivity contribution >= 4 is 48.7 Å². The Morgan fingerprint density at radius 2 is 1.66 bits per heavy atom. The van der Waals surface area contributed by atoms with Gasteiger partial charge in [-0.15, -0.1) is 0 Å². The van der Waals surface area contributed by atoms with Gasteiger partial charge in [-0.25, -0.2) is 0 Å². The number of H-pyrrole nitrogens is 1. The predicted molar refractivity (Wildman–Crippen MR) is 133 cm³/mol. The van der Waals surface area contributed by atoms with Crippen LogP contribution >= 0.6 is 31.9 Å². The van der Waals surface area contributed by atoms with Crippen LogP contribution in [0, 0.1) is 6.92 Å². The summed E-state index contributed by atoms with van der Waals surface area (Å²) in [6, 6.07) is 17.7. The van der Waals surface area contributed by atoms with Gasteiger partial charge in [0.1, 0.15) is 11.5 Å². The topological polar surface area (TPSA) is 71.5 Å². The van der Waals surface area contributed by atoms with Crippen molar-refractivity contribution < 1.29 is 19.4 Å². The Bertz CT molecular complexity index is 1270. The summed E-state index contributed by atoms with van der Waals surface area (Å²) in [6.07, 6.45) is 0.536. The van der Waals surface area contributed by atoms with E-state index in [2.05, 4.69) is 43.8 Å². The summed E-state index contributed by atoms with van der Waals surface area (Å²) in [6.45, 7) is 2.09. The molecule has 0 atom stereocenters. The number of rotatable bonds is 7. The molecule has 0 spiro atoms. The summed E-state index contributed by atoms with van der Waals surface area (Å²) in [5, 5.41) is 10.00. The molecule has 4 rings (SSSR count). The number of hydrogen-bond donors (Lipinski definition) is 2. The van der Waals surface area contributed by atoms with E-state index in [9.17, 15) is 4.79 Å². The first-order chi connectivity index (χ1) is 15.4. The van der Waals surface area contributed by atoms with E-state index in [4.69, 9.17) is 14.6 Å². The minimum Gasteiger partial charge on any atom is -0.497 e. The zero-order valence-corrected chi connectivity index (χ0v) is 20.7. The standard InChI is InChI=1S/C25H21Br2NO4/c1-14-19-13-18(32-25-20(26)11-15(12-21(25)27)3-10-23(29)30)8-9-22(19)28-24(14)16-4-6-17(31-2)7-5-16/h4-9,11-13,28H,3,10H2,1-2H3,(H,29,30). The van der Waals surface area contributed by atoms with Gasteiger partial charge in [-0.3, -0.25) is 4.79 Å².